The van der Waals surface area contributed by atoms with E-state index in [4.69, 9.17) is 18.9 Å². The van der Waals surface area contributed by atoms with E-state index in [1.165, 1.54) is 0 Å². The highest BCUT2D eigenvalue weighted by Crippen LogP contribution is 2.29. The van der Waals surface area contributed by atoms with Crippen molar-refractivity contribution < 1.29 is 28.5 Å². The number of methoxy groups -OCH3 is 1. The molecule has 0 saturated carbocycles. The van der Waals surface area contributed by atoms with Crippen molar-refractivity contribution in [3.63, 3.8) is 0 Å². The molecule has 0 radical (unpaired) electrons. The Bertz CT molecular complexity index is 972. The number of ether oxygens (including phenoxy) is 4. The summed E-state index contributed by atoms with van der Waals surface area (Å²) in [6, 6.07) is 23.0. The fourth-order valence-corrected chi connectivity index (χ4v) is 2.46. The quantitative estimate of drug-likeness (QED) is 0.539. The lowest BCUT2D eigenvalue weighted by Gasteiger charge is -2.12. The van der Waals surface area contributed by atoms with E-state index in [2.05, 4.69) is 5.32 Å². The second-order valence-corrected chi connectivity index (χ2v) is 6.08. The van der Waals surface area contributed by atoms with Crippen LogP contribution in [-0.4, -0.2) is 32.2 Å². The molecule has 0 atom stereocenters. The summed E-state index contributed by atoms with van der Waals surface area (Å²) in [5.41, 5.74) is 0.469. The van der Waals surface area contributed by atoms with Gasteiger partial charge in [0, 0.05) is 0 Å². The van der Waals surface area contributed by atoms with Crippen LogP contribution in [-0.2, 0) is 14.3 Å². The number of hydrogen-bond donors (Lipinski definition) is 1. The maximum absolute atomic E-state index is 12.2. The monoisotopic (exact) mass is 407 g/mol. The molecule has 3 aromatic carbocycles. The molecular weight excluding hydrogens is 386 g/mol. The fourth-order valence-electron chi connectivity index (χ4n) is 2.46. The van der Waals surface area contributed by atoms with Crippen molar-refractivity contribution in [1.29, 1.82) is 0 Å². The Morgan fingerprint density at radius 2 is 1.43 bits per heavy atom. The maximum atomic E-state index is 12.2. The minimum Gasteiger partial charge on any atom is -0.497 e. The summed E-state index contributed by atoms with van der Waals surface area (Å²) in [6.45, 7) is -0.752. The molecule has 7 heteroatoms. The molecule has 0 spiro atoms. The Labute approximate surface area is 174 Å². The molecule has 0 aliphatic rings. The molecule has 0 aliphatic heterocycles. The summed E-state index contributed by atoms with van der Waals surface area (Å²) < 4.78 is 21.1. The SMILES string of the molecule is COc1ccc(OCC(=O)OCC(=O)Nc2ccccc2Oc2ccccc2)cc1. The fraction of sp³-hybridized carbons (Fsp3) is 0.130. The van der Waals surface area contributed by atoms with Crippen molar-refractivity contribution in [2.24, 2.45) is 0 Å². The van der Waals surface area contributed by atoms with E-state index in [0.717, 1.165) is 0 Å². The zero-order chi connectivity index (χ0) is 21.2. The molecule has 7 nitrogen and oxygen atoms in total. The molecule has 30 heavy (non-hydrogen) atoms. The van der Waals surface area contributed by atoms with E-state index in [9.17, 15) is 9.59 Å². The smallest absolute Gasteiger partial charge is 0.344 e. The van der Waals surface area contributed by atoms with Crippen LogP contribution in [0, 0.1) is 0 Å². The third kappa shape index (κ3) is 6.27. The number of amides is 1. The lowest BCUT2D eigenvalue weighted by molar-refractivity contribution is -0.149. The molecule has 0 aliphatic carbocycles. The van der Waals surface area contributed by atoms with Gasteiger partial charge in [-0.15, -0.1) is 0 Å². The summed E-state index contributed by atoms with van der Waals surface area (Å²) in [5.74, 6) is 1.14. The van der Waals surface area contributed by atoms with E-state index in [0.29, 0.717) is 28.7 Å². The number of benzene rings is 3. The molecule has 154 valence electrons. The average Bonchev–Trinajstić information content (AvgIpc) is 2.78. The summed E-state index contributed by atoms with van der Waals surface area (Å²) in [6.07, 6.45) is 0. The Morgan fingerprint density at radius 1 is 0.767 bits per heavy atom. The van der Waals surface area contributed by atoms with Gasteiger partial charge < -0.3 is 24.3 Å². The first-order valence-electron chi connectivity index (χ1n) is 9.18. The van der Waals surface area contributed by atoms with Gasteiger partial charge in [-0.25, -0.2) is 4.79 Å². The summed E-state index contributed by atoms with van der Waals surface area (Å²) in [5, 5.41) is 2.68. The van der Waals surface area contributed by atoms with Crippen LogP contribution in [0.1, 0.15) is 0 Å². The number of carbonyl (C=O) groups is 2. The highest BCUT2D eigenvalue weighted by Gasteiger charge is 2.12. The molecule has 0 fully saturated rings. The van der Waals surface area contributed by atoms with Crippen LogP contribution in [0.2, 0.25) is 0 Å². The van der Waals surface area contributed by atoms with Crippen molar-refractivity contribution in [1.82, 2.24) is 0 Å². The van der Waals surface area contributed by atoms with Crippen LogP contribution < -0.4 is 19.5 Å². The average molecular weight is 407 g/mol. The molecule has 3 aromatic rings. The molecule has 0 unspecified atom stereocenters. The largest absolute Gasteiger partial charge is 0.497 e. The van der Waals surface area contributed by atoms with Crippen LogP contribution >= 0.6 is 0 Å². The highest BCUT2D eigenvalue weighted by molar-refractivity contribution is 5.94. The molecule has 1 amide bonds. The third-order valence-electron chi connectivity index (χ3n) is 3.91. The van der Waals surface area contributed by atoms with Crippen LogP contribution in [0.4, 0.5) is 5.69 Å². The molecule has 3 rings (SSSR count). The minimum absolute atomic E-state index is 0.312. The number of esters is 1. The zero-order valence-corrected chi connectivity index (χ0v) is 16.4. The predicted octanol–water partition coefficient (Wildman–Crippen LogP) is 4.05. The van der Waals surface area contributed by atoms with Crippen molar-refractivity contribution >= 4 is 17.6 Å². The third-order valence-corrected chi connectivity index (χ3v) is 3.91. The van der Waals surface area contributed by atoms with Gasteiger partial charge in [-0.05, 0) is 48.5 Å². The molecule has 0 heterocycles. The number of nitrogens with one attached hydrogen (secondary N) is 1. The topological polar surface area (TPSA) is 83.1 Å². The van der Waals surface area contributed by atoms with Gasteiger partial charge in [0.1, 0.15) is 17.2 Å². The normalized spacial score (nSPS) is 10.0. The van der Waals surface area contributed by atoms with Gasteiger partial charge >= 0.3 is 5.97 Å². The van der Waals surface area contributed by atoms with Crippen molar-refractivity contribution in [2.75, 3.05) is 25.6 Å². The van der Waals surface area contributed by atoms with Gasteiger partial charge in [-0.3, -0.25) is 4.79 Å². The van der Waals surface area contributed by atoms with Crippen molar-refractivity contribution in [3.8, 4) is 23.0 Å². The maximum Gasteiger partial charge on any atom is 0.344 e. The lowest BCUT2D eigenvalue weighted by Crippen LogP contribution is -2.23. The first-order chi connectivity index (χ1) is 14.6. The van der Waals surface area contributed by atoms with Gasteiger partial charge in [-0.1, -0.05) is 30.3 Å². The van der Waals surface area contributed by atoms with Gasteiger partial charge in [0.05, 0.1) is 12.8 Å². The van der Waals surface area contributed by atoms with E-state index in [1.807, 2.05) is 30.3 Å². The minimum atomic E-state index is -0.658. The zero-order valence-electron chi connectivity index (χ0n) is 16.4. The number of rotatable bonds is 9. The summed E-state index contributed by atoms with van der Waals surface area (Å²) >= 11 is 0. The van der Waals surface area contributed by atoms with Gasteiger partial charge in [-0.2, -0.15) is 0 Å². The number of carbonyl (C=O) groups excluding carboxylic acids is 2. The van der Waals surface area contributed by atoms with Gasteiger partial charge in [0.25, 0.3) is 5.91 Å². The van der Waals surface area contributed by atoms with E-state index in [1.54, 1.807) is 55.6 Å². The van der Waals surface area contributed by atoms with E-state index >= 15 is 0 Å². The number of hydrogen-bond acceptors (Lipinski definition) is 6. The van der Waals surface area contributed by atoms with E-state index in [-0.39, 0.29) is 6.61 Å². The first kappa shape index (κ1) is 20.7. The van der Waals surface area contributed by atoms with Crippen LogP contribution in [0.5, 0.6) is 23.0 Å². The summed E-state index contributed by atoms with van der Waals surface area (Å²) in [7, 11) is 1.56. The molecular formula is C23H21NO6. The molecule has 1 N–H and O–H groups in total. The highest BCUT2D eigenvalue weighted by atomic mass is 16.6. The standard InChI is InChI=1S/C23H21NO6/c1-27-17-11-13-18(14-12-17)28-16-23(26)29-15-22(25)24-20-9-5-6-10-21(20)30-19-7-3-2-4-8-19/h2-14H,15-16H2,1H3,(H,24,25). The van der Waals surface area contributed by atoms with Crippen LogP contribution in [0.25, 0.3) is 0 Å². The van der Waals surface area contributed by atoms with Crippen molar-refractivity contribution in [3.05, 3.63) is 78.9 Å². The first-order valence-corrected chi connectivity index (χ1v) is 9.18. The second-order valence-electron chi connectivity index (χ2n) is 6.08. The Morgan fingerprint density at radius 3 is 2.17 bits per heavy atom. The van der Waals surface area contributed by atoms with Crippen LogP contribution in [0.3, 0.4) is 0 Å². The Hall–Kier alpha value is -4.00. The molecule has 0 saturated heterocycles. The number of anilines is 1. The Balaban J connectivity index is 1.46. The van der Waals surface area contributed by atoms with Gasteiger partial charge in [0.2, 0.25) is 0 Å². The lowest BCUT2D eigenvalue weighted by atomic mass is 10.3. The molecule has 0 bridgehead atoms. The van der Waals surface area contributed by atoms with Crippen LogP contribution in [0.15, 0.2) is 78.9 Å². The van der Waals surface area contributed by atoms with Crippen molar-refractivity contribution in [2.45, 2.75) is 0 Å². The molecule has 0 aromatic heterocycles. The second kappa shape index (κ2) is 10.5. The van der Waals surface area contributed by atoms with E-state index < -0.39 is 18.5 Å². The predicted molar refractivity (Wildman–Crippen MR) is 111 cm³/mol. The summed E-state index contributed by atoms with van der Waals surface area (Å²) in [4.78, 5) is 24.0. The van der Waals surface area contributed by atoms with Gasteiger partial charge in [0.15, 0.2) is 19.0 Å². The number of para-hydroxylation sites is 3. The Kier molecular flexibility index (Phi) is 7.27.